The summed E-state index contributed by atoms with van der Waals surface area (Å²) in [7, 11) is 1.80. The lowest BCUT2D eigenvalue weighted by Gasteiger charge is -2.34. The van der Waals surface area contributed by atoms with Crippen LogP contribution in [-0.4, -0.2) is 61.8 Å². The molecular weight excluding hydrogens is 465 g/mol. The van der Waals surface area contributed by atoms with Crippen molar-refractivity contribution in [2.75, 3.05) is 39.8 Å². The third-order valence-electron chi connectivity index (χ3n) is 4.73. The van der Waals surface area contributed by atoms with Crippen molar-refractivity contribution in [1.82, 2.24) is 20.5 Å². The first kappa shape index (κ1) is 22.8. The number of hydrogen-bond acceptors (Lipinski definition) is 4. The number of halogens is 1. The van der Waals surface area contributed by atoms with Gasteiger partial charge >= 0.3 is 0 Å². The third kappa shape index (κ3) is 6.56. The van der Waals surface area contributed by atoms with E-state index in [2.05, 4.69) is 63.6 Å². The Balaban J connectivity index is 0.00000280. The molecule has 0 radical (unpaired) electrons. The molecule has 0 bridgehead atoms. The van der Waals surface area contributed by atoms with Crippen LogP contribution < -0.4 is 10.6 Å². The molecule has 7 heteroatoms. The molecule has 1 aliphatic heterocycles. The Morgan fingerprint density at radius 2 is 2.11 bits per heavy atom. The number of fused-ring (bicyclic) bond motifs is 1. The number of morpholine rings is 1. The van der Waals surface area contributed by atoms with Crippen LogP contribution in [0.1, 0.15) is 19.4 Å². The van der Waals surface area contributed by atoms with Gasteiger partial charge in [-0.2, -0.15) is 0 Å². The largest absolute Gasteiger partial charge is 0.374 e. The zero-order valence-corrected chi connectivity index (χ0v) is 19.3. The Hall–Kier alpha value is -1.45. The highest BCUT2D eigenvalue weighted by molar-refractivity contribution is 14.0. The number of ether oxygens (including phenoxy) is 1. The van der Waals surface area contributed by atoms with Gasteiger partial charge in [0, 0.05) is 51.4 Å². The van der Waals surface area contributed by atoms with Gasteiger partial charge in [-0.3, -0.25) is 14.9 Å². The van der Waals surface area contributed by atoms with E-state index in [0.29, 0.717) is 12.5 Å². The first-order valence-corrected chi connectivity index (χ1v) is 9.77. The minimum absolute atomic E-state index is 0. The lowest BCUT2D eigenvalue weighted by atomic mass is 10.1. The first-order valence-electron chi connectivity index (χ1n) is 9.77. The van der Waals surface area contributed by atoms with Crippen LogP contribution >= 0.6 is 24.0 Å². The third-order valence-corrected chi connectivity index (χ3v) is 4.73. The topological polar surface area (TPSA) is 61.8 Å². The summed E-state index contributed by atoms with van der Waals surface area (Å²) in [5.74, 6) is 1.47. The summed E-state index contributed by atoms with van der Waals surface area (Å²) in [5.41, 5.74) is 2.19. The van der Waals surface area contributed by atoms with Crippen LogP contribution in [0.5, 0.6) is 0 Å². The molecule has 1 aromatic carbocycles. The number of guanidine groups is 1. The highest BCUT2D eigenvalue weighted by Gasteiger charge is 2.21. The summed E-state index contributed by atoms with van der Waals surface area (Å²) in [5, 5.41) is 7.94. The molecular formula is C21H32IN5O. The van der Waals surface area contributed by atoms with Gasteiger partial charge in [-0.15, -0.1) is 24.0 Å². The molecule has 6 nitrogen and oxygen atoms in total. The zero-order valence-electron chi connectivity index (χ0n) is 17.0. The summed E-state index contributed by atoms with van der Waals surface area (Å²) < 4.78 is 5.91. The monoisotopic (exact) mass is 497 g/mol. The minimum Gasteiger partial charge on any atom is -0.374 e. The Morgan fingerprint density at radius 1 is 1.29 bits per heavy atom. The maximum Gasteiger partial charge on any atom is 0.191 e. The number of nitrogens with zero attached hydrogens (tertiary/aromatic N) is 3. The average molecular weight is 497 g/mol. The summed E-state index contributed by atoms with van der Waals surface area (Å²) >= 11 is 0. The Kier molecular flexibility index (Phi) is 9.40. The zero-order chi connectivity index (χ0) is 19.1. The molecule has 3 rings (SSSR count). The van der Waals surface area contributed by atoms with Gasteiger partial charge in [0.2, 0.25) is 0 Å². The van der Waals surface area contributed by atoms with Crippen LogP contribution in [0.15, 0.2) is 41.5 Å². The molecule has 1 aliphatic rings. The molecule has 1 unspecified atom stereocenters. The predicted molar refractivity (Wildman–Crippen MR) is 126 cm³/mol. The Labute approximate surface area is 185 Å². The molecule has 0 aliphatic carbocycles. The van der Waals surface area contributed by atoms with Crippen molar-refractivity contribution < 1.29 is 4.74 Å². The standard InChI is InChI=1S/C21H31N5O.HI/c1-16(2)14-26-10-11-27-19(15-26)13-25-21(22-3)24-12-18-7-4-6-17-8-5-9-23-20(17)18;/h4-9,16,19H,10-15H2,1-3H3,(H2,22,24,25);1H. The van der Waals surface area contributed by atoms with E-state index in [1.165, 1.54) is 0 Å². The van der Waals surface area contributed by atoms with Gasteiger partial charge in [0.15, 0.2) is 5.96 Å². The van der Waals surface area contributed by atoms with Crippen molar-refractivity contribution in [3.05, 3.63) is 42.1 Å². The molecule has 0 amide bonds. The number of para-hydroxylation sites is 1. The number of aromatic nitrogens is 1. The van der Waals surface area contributed by atoms with E-state index < -0.39 is 0 Å². The highest BCUT2D eigenvalue weighted by atomic mass is 127. The van der Waals surface area contributed by atoms with E-state index >= 15 is 0 Å². The maximum atomic E-state index is 5.91. The number of aliphatic imine (C=N–C) groups is 1. The Bertz CT molecular complexity index is 762. The second-order valence-electron chi connectivity index (χ2n) is 7.45. The first-order chi connectivity index (χ1) is 13.2. The maximum absolute atomic E-state index is 5.91. The lowest BCUT2D eigenvalue weighted by Crippen LogP contribution is -2.50. The fourth-order valence-corrected chi connectivity index (χ4v) is 3.51. The predicted octanol–water partition coefficient (Wildman–Crippen LogP) is 2.87. The van der Waals surface area contributed by atoms with Crippen LogP contribution in [0.4, 0.5) is 0 Å². The SMILES string of the molecule is CN=C(NCc1cccc2cccnc12)NCC1CN(CC(C)C)CCO1.I. The fraction of sp³-hybridized carbons (Fsp3) is 0.524. The summed E-state index contributed by atoms with van der Waals surface area (Å²) in [6.45, 7) is 9.87. The van der Waals surface area contributed by atoms with E-state index in [1.807, 2.05) is 12.3 Å². The molecule has 2 heterocycles. The minimum atomic E-state index is 0. The van der Waals surface area contributed by atoms with Gasteiger partial charge in [0.05, 0.1) is 18.2 Å². The molecule has 0 spiro atoms. The van der Waals surface area contributed by atoms with Gasteiger partial charge in [-0.05, 0) is 17.5 Å². The lowest BCUT2D eigenvalue weighted by molar-refractivity contribution is -0.0284. The molecule has 1 atom stereocenters. The molecule has 1 aromatic heterocycles. The van der Waals surface area contributed by atoms with Gasteiger partial charge in [0.1, 0.15) is 0 Å². The highest BCUT2D eigenvalue weighted by Crippen LogP contribution is 2.15. The number of hydrogen-bond donors (Lipinski definition) is 2. The van der Waals surface area contributed by atoms with Crippen molar-refractivity contribution in [2.24, 2.45) is 10.9 Å². The number of pyridine rings is 1. The van der Waals surface area contributed by atoms with Crippen LogP contribution in [0.3, 0.4) is 0 Å². The molecule has 28 heavy (non-hydrogen) atoms. The van der Waals surface area contributed by atoms with E-state index in [4.69, 9.17) is 4.74 Å². The normalized spacial score (nSPS) is 18.1. The average Bonchev–Trinajstić information content (AvgIpc) is 2.68. The van der Waals surface area contributed by atoms with Crippen LogP contribution in [0.25, 0.3) is 10.9 Å². The van der Waals surface area contributed by atoms with Crippen LogP contribution in [0, 0.1) is 5.92 Å². The van der Waals surface area contributed by atoms with E-state index in [1.54, 1.807) is 7.05 Å². The van der Waals surface area contributed by atoms with Gasteiger partial charge in [-0.25, -0.2) is 0 Å². The van der Waals surface area contributed by atoms with Crippen LogP contribution in [-0.2, 0) is 11.3 Å². The van der Waals surface area contributed by atoms with Crippen molar-refractivity contribution in [2.45, 2.75) is 26.5 Å². The smallest absolute Gasteiger partial charge is 0.191 e. The fourth-order valence-electron chi connectivity index (χ4n) is 3.51. The van der Waals surface area contributed by atoms with E-state index in [9.17, 15) is 0 Å². The second-order valence-corrected chi connectivity index (χ2v) is 7.45. The molecule has 154 valence electrons. The van der Waals surface area contributed by atoms with Gasteiger partial charge in [0.25, 0.3) is 0 Å². The summed E-state index contributed by atoms with van der Waals surface area (Å²) in [4.78, 5) is 11.3. The number of benzene rings is 1. The molecule has 1 fully saturated rings. The van der Waals surface area contributed by atoms with E-state index in [0.717, 1.165) is 55.2 Å². The van der Waals surface area contributed by atoms with Crippen molar-refractivity contribution >= 4 is 40.8 Å². The molecule has 1 saturated heterocycles. The van der Waals surface area contributed by atoms with Gasteiger partial charge < -0.3 is 15.4 Å². The number of nitrogens with one attached hydrogen (secondary N) is 2. The summed E-state index contributed by atoms with van der Waals surface area (Å²) in [6.07, 6.45) is 2.03. The Morgan fingerprint density at radius 3 is 2.89 bits per heavy atom. The van der Waals surface area contributed by atoms with Crippen molar-refractivity contribution in [1.29, 1.82) is 0 Å². The van der Waals surface area contributed by atoms with Crippen molar-refractivity contribution in [3.8, 4) is 0 Å². The second kappa shape index (κ2) is 11.5. The van der Waals surface area contributed by atoms with Crippen molar-refractivity contribution in [3.63, 3.8) is 0 Å². The molecule has 2 N–H and O–H groups in total. The quantitative estimate of drug-likeness (QED) is 0.365. The molecule has 2 aromatic rings. The van der Waals surface area contributed by atoms with E-state index in [-0.39, 0.29) is 30.1 Å². The number of rotatable bonds is 6. The van der Waals surface area contributed by atoms with Gasteiger partial charge in [-0.1, -0.05) is 38.1 Å². The molecule has 0 saturated carbocycles. The van der Waals surface area contributed by atoms with Crippen LogP contribution in [0.2, 0.25) is 0 Å². The summed E-state index contributed by atoms with van der Waals surface area (Å²) in [6, 6.07) is 10.3.